The van der Waals surface area contributed by atoms with Gasteiger partial charge in [-0.3, -0.25) is 4.79 Å². The Hall–Kier alpha value is -1.63. The van der Waals surface area contributed by atoms with Crippen LogP contribution >= 0.6 is 0 Å². The SMILES string of the molecule is CC1=C(C#N)C(=O)O[C@@]1(C)[C@H]1CCCC(=O)C1. The Morgan fingerprint density at radius 2 is 2.18 bits per heavy atom. The molecule has 1 aliphatic carbocycles. The second-order valence-electron chi connectivity index (χ2n) is 4.94. The number of ether oxygens (including phenoxy) is 1. The number of esters is 1. The van der Waals surface area contributed by atoms with Gasteiger partial charge in [0.2, 0.25) is 0 Å². The number of carbonyl (C=O) groups is 2. The molecule has 2 rings (SSSR count). The summed E-state index contributed by atoms with van der Waals surface area (Å²) >= 11 is 0. The highest BCUT2D eigenvalue weighted by Crippen LogP contribution is 2.43. The Morgan fingerprint density at radius 3 is 2.71 bits per heavy atom. The minimum absolute atomic E-state index is 0.0125. The number of hydrogen-bond acceptors (Lipinski definition) is 4. The topological polar surface area (TPSA) is 67.2 Å². The van der Waals surface area contributed by atoms with Crippen molar-refractivity contribution < 1.29 is 14.3 Å². The molecule has 0 aromatic heterocycles. The number of cyclic esters (lactones) is 1. The highest BCUT2D eigenvalue weighted by Gasteiger charge is 2.48. The maximum absolute atomic E-state index is 11.6. The van der Waals surface area contributed by atoms with Crippen molar-refractivity contribution in [1.82, 2.24) is 0 Å². The predicted molar refractivity (Wildman–Crippen MR) is 59.8 cm³/mol. The number of nitriles is 1. The third-order valence-corrected chi connectivity index (χ3v) is 4.00. The van der Waals surface area contributed by atoms with Crippen LogP contribution in [0, 0.1) is 17.2 Å². The van der Waals surface area contributed by atoms with Crippen molar-refractivity contribution in [2.75, 3.05) is 0 Å². The summed E-state index contributed by atoms with van der Waals surface area (Å²) in [6.07, 6.45) is 2.77. The van der Waals surface area contributed by atoms with Crippen molar-refractivity contribution in [3.63, 3.8) is 0 Å². The van der Waals surface area contributed by atoms with Crippen molar-refractivity contribution >= 4 is 11.8 Å². The van der Waals surface area contributed by atoms with E-state index in [4.69, 9.17) is 10.00 Å². The molecule has 1 fully saturated rings. The van der Waals surface area contributed by atoms with E-state index in [2.05, 4.69) is 0 Å². The number of hydrogen-bond donors (Lipinski definition) is 0. The zero-order valence-electron chi connectivity index (χ0n) is 10.1. The molecule has 0 amide bonds. The van der Waals surface area contributed by atoms with E-state index in [0.29, 0.717) is 18.4 Å². The number of Topliss-reactive ketones (excluding diaryl/α,β-unsaturated/α-hetero) is 1. The van der Waals surface area contributed by atoms with Crippen LogP contribution in [0.2, 0.25) is 0 Å². The fourth-order valence-electron chi connectivity index (χ4n) is 2.74. The standard InChI is InChI=1S/C13H15NO3/c1-8-11(7-14)12(16)17-13(8,2)9-4-3-5-10(15)6-9/h9H,3-6H2,1-2H3/t9-,13+/m0/s1. The summed E-state index contributed by atoms with van der Waals surface area (Å²) in [5.41, 5.74) is 0.00771. The highest BCUT2D eigenvalue weighted by molar-refractivity contribution is 5.97. The second-order valence-corrected chi connectivity index (χ2v) is 4.94. The van der Waals surface area contributed by atoms with Crippen molar-refractivity contribution in [2.24, 2.45) is 5.92 Å². The van der Waals surface area contributed by atoms with Crippen LogP contribution in [0.15, 0.2) is 11.1 Å². The molecule has 0 radical (unpaired) electrons. The zero-order chi connectivity index (χ0) is 12.6. The minimum Gasteiger partial charge on any atom is -0.450 e. The van der Waals surface area contributed by atoms with E-state index in [1.54, 1.807) is 6.92 Å². The molecule has 0 aromatic carbocycles. The van der Waals surface area contributed by atoms with Crippen LogP contribution in [-0.4, -0.2) is 17.4 Å². The van der Waals surface area contributed by atoms with Crippen LogP contribution in [0.25, 0.3) is 0 Å². The molecule has 17 heavy (non-hydrogen) atoms. The number of rotatable bonds is 1. The molecular formula is C13H15NO3. The van der Waals surface area contributed by atoms with E-state index >= 15 is 0 Å². The van der Waals surface area contributed by atoms with Crippen molar-refractivity contribution in [1.29, 1.82) is 5.26 Å². The van der Waals surface area contributed by atoms with E-state index in [0.717, 1.165) is 12.8 Å². The molecule has 2 aliphatic rings. The van der Waals surface area contributed by atoms with Gasteiger partial charge >= 0.3 is 5.97 Å². The number of ketones is 1. The molecule has 90 valence electrons. The lowest BCUT2D eigenvalue weighted by Gasteiger charge is -2.36. The maximum Gasteiger partial charge on any atom is 0.349 e. The number of nitrogens with zero attached hydrogens (tertiary/aromatic N) is 1. The monoisotopic (exact) mass is 233 g/mol. The normalized spacial score (nSPS) is 33.6. The molecule has 0 saturated heterocycles. The maximum atomic E-state index is 11.6. The quantitative estimate of drug-likeness (QED) is 0.649. The fraction of sp³-hybridized carbons (Fsp3) is 0.615. The summed E-state index contributed by atoms with van der Waals surface area (Å²) < 4.78 is 5.36. The van der Waals surface area contributed by atoms with Gasteiger partial charge in [-0.1, -0.05) is 0 Å². The molecule has 0 aromatic rings. The first-order valence-corrected chi connectivity index (χ1v) is 5.85. The first-order chi connectivity index (χ1) is 7.99. The molecule has 4 heteroatoms. The fourth-order valence-corrected chi connectivity index (χ4v) is 2.74. The molecular weight excluding hydrogens is 218 g/mol. The highest BCUT2D eigenvalue weighted by atomic mass is 16.6. The molecule has 0 N–H and O–H groups in total. The van der Waals surface area contributed by atoms with Crippen LogP contribution < -0.4 is 0 Å². The van der Waals surface area contributed by atoms with Gasteiger partial charge in [-0.05, 0) is 32.3 Å². The van der Waals surface area contributed by atoms with Gasteiger partial charge in [-0.15, -0.1) is 0 Å². The van der Waals surface area contributed by atoms with Gasteiger partial charge in [0, 0.05) is 18.8 Å². The lowest BCUT2D eigenvalue weighted by molar-refractivity contribution is -0.151. The average molecular weight is 233 g/mol. The summed E-state index contributed by atoms with van der Waals surface area (Å²) in [5.74, 6) is -0.319. The first-order valence-electron chi connectivity index (χ1n) is 5.85. The Labute approximate surface area is 100 Å². The van der Waals surface area contributed by atoms with Crippen molar-refractivity contribution in [2.45, 2.75) is 45.1 Å². The molecule has 4 nitrogen and oxygen atoms in total. The third-order valence-electron chi connectivity index (χ3n) is 4.00. The molecule has 0 unspecified atom stereocenters. The van der Waals surface area contributed by atoms with Gasteiger partial charge < -0.3 is 4.74 Å². The van der Waals surface area contributed by atoms with E-state index in [1.807, 2.05) is 13.0 Å². The van der Waals surface area contributed by atoms with Gasteiger partial charge in [0.05, 0.1) is 0 Å². The summed E-state index contributed by atoms with van der Waals surface area (Å²) in [6, 6.07) is 1.89. The smallest absolute Gasteiger partial charge is 0.349 e. The summed E-state index contributed by atoms with van der Waals surface area (Å²) in [5, 5.41) is 8.91. The third kappa shape index (κ3) is 1.76. The molecule has 1 saturated carbocycles. The van der Waals surface area contributed by atoms with Crippen LogP contribution in [0.5, 0.6) is 0 Å². The lowest BCUT2D eigenvalue weighted by atomic mass is 9.74. The van der Waals surface area contributed by atoms with E-state index in [9.17, 15) is 9.59 Å². The van der Waals surface area contributed by atoms with E-state index in [-0.39, 0.29) is 17.3 Å². The second kappa shape index (κ2) is 3.99. The first kappa shape index (κ1) is 11.8. The van der Waals surface area contributed by atoms with Gasteiger partial charge in [0.15, 0.2) is 0 Å². The minimum atomic E-state index is -0.766. The average Bonchev–Trinajstić information content (AvgIpc) is 2.51. The van der Waals surface area contributed by atoms with E-state index in [1.165, 1.54) is 0 Å². The van der Waals surface area contributed by atoms with Crippen molar-refractivity contribution in [3.05, 3.63) is 11.1 Å². The molecule has 2 atom stereocenters. The largest absolute Gasteiger partial charge is 0.450 e. The molecule has 1 heterocycles. The van der Waals surface area contributed by atoms with Gasteiger partial charge in [-0.25, -0.2) is 4.79 Å². The number of carbonyl (C=O) groups excluding carboxylic acids is 2. The Bertz CT molecular complexity index is 458. The molecule has 0 spiro atoms. The van der Waals surface area contributed by atoms with Crippen LogP contribution in [0.3, 0.4) is 0 Å². The summed E-state index contributed by atoms with van der Waals surface area (Å²) in [7, 11) is 0. The zero-order valence-corrected chi connectivity index (χ0v) is 10.1. The van der Waals surface area contributed by atoms with Crippen LogP contribution in [0.1, 0.15) is 39.5 Å². The molecule has 1 aliphatic heterocycles. The van der Waals surface area contributed by atoms with Crippen LogP contribution in [-0.2, 0) is 14.3 Å². The van der Waals surface area contributed by atoms with Gasteiger partial charge in [0.1, 0.15) is 23.0 Å². The van der Waals surface area contributed by atoms with E-state index < -0.39 is 11.6 Å². The Balaban J connectivity index is 2.32. The van der Waals surface area contributed by atoms with Gasteiger partial charge in [-0.2, -0.15) is 5.26 Å². The van der Waals surface area contributed by atoms with Crippen LogP contribution in [0.4, 0.5) is 0 Å². The molecule has 0 bridgehead atoms. The summed E-state index contributed by atoms with van der Waals surface area (Å²) in [4.78, 5) is 23.1. The summed E-state index contributed by atoms with van der Waals surface area (Å²) in [6.45, 7) is 3.57. The predicted octanol–water partition coefficient (Wildman–Crippen LogP) is 1.90. The van der Waals surface area contributed by atoms with Gasteiger partial charge in [0.25, 0.3) is 0 Å². The lowest BCUT2D eigenvalue weighted by Crippen LogP contribution is -2.39. The Morgan fingerprint density at radius 1 is 1.47 bits per heavy atom. The Kier molecular flexibility index (Phi) is 2.78. The van der Waals surface area contributed by atoms with Crippen molar-refractivity contribution in [3.8, 4) is 6.07 Å².